The SMILES string of the molecule is C.CCCCCN1CCOCC1. The number of hydrogen-bond donors (Lipinski definition) is 0. The summed E-state index contributed by atoms with van der Waals surface area (Å²) >= 11 is 0. The van der Waals surface area contributed by atoms with Crippen molar-refractivity contribution in [1.82, 2.24) is 4.90 Å². The highest BCUT2D eigenvalue weighted by Gasteiger charge is 2.08. The second-order valence-corrected chi connectivity index (χ2v) is 3.16. The number of nitrogens with zero attached hydrogens (tertiary/aromatic N) is 1. The number of unbranched alkanes of at least 4 members (excludes halogenated alkanes) is 2. The van der Waals surface area contributed by atoms with Crippen LogP contribution in [0.3, 0.4) is 0 Å². The summed E-state index contributed by atoms with van der Waals surface area (Å²) in [5.41, 5.74) is 0. The van der Waals surface area contributed by atoms with Crippen molar-refractivity contribution in [1.29, 1.82) is 0 Å². The Morgan fingerprint density at radius 1 is 1.17 bits per heavy atom. The van der Waals surface area contributed by atoms with Gasteiger partial charge >= 0.3 is 0 Å². The second kappa shape index (κ2) is 7.56. The van der Waals surface area contributed by atoms with Crippen LogP contribution in [0.2, 0.25) is 0 Å². The highest BCUT2D eigenvalue weighted by atomic mass is 16.5. The lowest BCUT2D eigenvalue weighted by Crippen LogP contribution is -2.36. The summed E-state index contributed by atoms with van der Waals surface area (Å²) in [5, 5.41) is 0. The van der Waals surface area contributed by atoms with Crippen molar-refractivity contribution in [3.05, 3.63) is 0 Å². The standard InChI is InChI=1S/C9H19NO.CH4/c1-2-3-4-5-10-6-8-11-9-7-10;/h2-9H2,1H3;1H4. The molecule has 1 saturated heterocycles. The molecule has 0 unspecified atom stereocenters. The Morgan fingerprint density at radius 3 is 2.42 bits per heavy atom. The van der Waals surface area contributed by atoms with Crippen LogP contribution in [0.4, 0.5) is 0 Å². The molecule has 0 aromatic carbocycles. The fourth-order valence-corrected chi connectivity index (χ4v) is 1.41. The highest BCUT2D eigenvalue weighted by molar-refractivity contribution is 4.60. The molecule has 1 fully saturated rings. The van der Waals surface area contributed by atoms with Gasteiger partial charge in [0.15, 0.2) is 0 Å². The van der Waals surface area contributed by atoms with Gasteiger partial charge < -0.3 is 4.74 Å². The maximum Gasteiger partial charge on any atom is 0.0594 e. The molecule has 74 valence electrons. The fraction of sp³-hybridized carbons (Fsp3) is 1.00. The minimum Gasteiger partial charge on any atom is -0.379 e. The van der Waals surface area contributed by atoms with Crippen molar-refractivity contribution in [2.24, 2.45) is 0 Å². The van der Waals surface area contributed by atoms with Gasteiger partial charge in [0.05, 0.1) is 13.2 Å². The normalized spacial score (nSPS) is 18.8. The molecule has 0 radical (unpaired) electrons. The molecule has 0 N–H and O–H groups in total. The van der Waals surface area contributed by atoms with E-state index in [1.54, 1.807) is 0 Å². The van der Waals surface area contributed by atoms with Gasteiger partial charge in [0, 0.05) is 13.1 Å². The van der Waals surface area contributed by atoms with Gasteiger partial charge in [-0.15, -0.1) is 0 Å². The van der Waals surface area contributed by atoms with Crippen molar-refractivity contribution >= 4 is 0 Å². The first kappa shape index (κ1) is 11.9. The number of hydrogen-bond acceptors (Lipinski definition) is 2. The van der Waals surface area contributed by atoms with Crippen molar-refractivity contribution < 1.29 is 4.74 Å². The van der Waals surface area contributed by atoms with E-state index in [1.807, 2.05) is 0 Å². The summed E-state index contributed by atoms with van der Waals surface area (Å²) < 4.78 is 5.26. The van der Waals surface area contributed by atoms with Crippen molar-refractivity contribution in [3.63, 3.8) is 0 Å². The topological polar surface area (TPSA) is 12.5 Å². The lowest BCUT2D eigenvalue weighted by atomic mass is 10.2. The first-order valence-corrected chi connectivity index (χ1v) is 4.73. The van der Waals surface area contributed by atoms with E-state index in [2.05, 4.69) is 11.8 Å². The minimum absolute atomic E-state index is 0. The van der Waals surface area contributed by atoms with E-state index >= 15 is 0 Å². The Hall–Kier alpha value is -0.0800. The molecule has 12 heavy (non-hydrogen) atoms. The molecule has 2 nitrogen and oxygen atoms in total. The van der Waals surface area contributed by atoms with E-state index in [4.69, 9.17) is 4.74 Å². The molecule has 1 aliphatic rings. The predicted octanol–water partition coefficient (Wildman–Crippen LogP) is 2.14. The lowest BCUT2D eigenvalue weighted by Gasteiger charge is -2.26. The summed E-state index contributed by atoms with van der Waals surface area (Å²) in [5.74, 6) is 0. The third-order valence-corrected chi connectivity index (χ3v) is 2.18. The van der Waals surface area contributed by atoms with Crippen molar-refractivity contribution in [3.8, 4) is 0 Å². The molecule has 0 amide bonds. The van der Waals surface area contributed by atoms with E-state index in [9.17, 15) is 0 Å². The molecule has 0 saturated carbocycles. The molecule has 0 atom stereocenters. The Morgan fingerprint density at radius 2 is 1.83 bits per heavy atom. The fourth-order valence-electron chi connectivity index (χ4n) is 1.41. The van der Waals surface area contributed by atoms with E-state index < -0.39 is 0 Å². The average molecular weight is 173 g/mol. The van der Waals surface area contributed by atoms with E-state index in [0.717, 1.165) is 26.3 Å². The lowest BCUT2D eigenvalue weighted by molar-refractivity contribution is 0.0372. The smallest absolute Gasteiger partial charge is 0.0594 e. The Labute approximate surface area is 76.9 Å². The van der Waals surface area contributed by atoms with Crippen LogP contribution < -0.4 is 0 Å². The minimum atomic E-state index is 0. The zero-order chi connectivity index (χ0) is 7.94. The van der Waals surface area contributed by atoms with Crippen LogP contribution in [0.1, 0.15) is 33.6 Å². The number of rotatable bonds is 4. The van der Waals surface area contributed by atoms with E-state index in [1.165, 1.54) is 25.8 Å². The van der Waals surface area contributed by atoms with Crippen molar-refractivity contribution in [2.75, 3.05) is 32.8 Å². The average Bonchev–Trinajstić information content (AvgIpc) is 2.07. The Bertz CT molecular complexity index is 89.8. The Kier molecular flexibility index (Phi) is 7.51. The highest BCUT2D eigenvalue weighted by Crippen LogP contribution is 2.01. The molecule has 0 spiro atoms. The summed E-state index contributed by atoms with van der Waals surface area (Å²) in [4.78, 5) is 2.50. The molecule has 0 aliphatic carbocycles. The molecule has 0 aromatic heterocycles. The molecule has 0 bridgehead atoms. The first-order chi connectivity index (χ1) is 5.43. The van der Waals surface area contributed by atoms with Crippen LogP contribution in [-0.4, -0.2) is 37.7 Å². The van der Waals surface area contributed by atoms with Gasteiger partial charge in [-0.25, -0.2) is 0 Å². The van der Waals surface area contributed by atoms with Gasteiger partial charge in [-0.2, -0.15) is 0 Å². The van der Waals surface area contributed by atoms with Gasteiger partial charge in [0.25, 0.3) is 0 Å². The van der Waals surface area contributed by atoms with Crippen LogP contribution in [-0.2, 0) is 4.74 Å². The van der Waals surface area contributed by atoms with E-state index in [0.29, 0.717) is 0 Å². The van der Waals surface area contributed by atoms with Gasteiger partial charge in [-0.3, -0.25) is 4.90 Å². The summed E-state index contributed by atoms with van der Waals surface area (Å²) in [6.07, 6.45) is 4.05. The third kappa shape index (κ3) is 4.73. The molecule has 0 aromatic rings. The largest absolute Gasteiger partial charge is 0.379 e. The Balaban J connectivity index is 0.00000121. The molecule has 1 heterocycles. The first-order valence-electron chi connectivity index (χ1n) is 4.73. The quantitative estimate of drug-likeness (QED) is 0.604. The second-order valence-electron chi connectivity index (χ2n) is 3.16. The van der Waals surface area contributed by atoms with Crippen LogP contribution in [0.15, 0.2) is 0 Å². The van der Waals surface area contributed by atoms with Crippen LogP contribution in [0, 0.1) is 0 Å². The number of ether oxygens (including phenoxy) is 1. The van der Waals surface area contributed by atoms with Crippen LogP contribution in [0.5, 0.6) is 0 Å². The van der Waals surface area contributed by atoms with Gasteiger partial charge in [0.2, 0.25) is 0 Å². The zero-order valence-corrected chi connectivity index (χ0v) is 7.51. The molecule has 1 aliphatic heterocycles. The van der Waals surface area contributed by atoms with E-state index in [-0.39, 0.29) is 7.43 Å². The zero-order valence-electron chi connectivity index (χ0n) is 7.51. The maximum absolute atomic E-state index is 5.26. The molecular formula is C10H23NO. The molecule has 1 rings (SSSR count). The summed E-state index contributed by atoms with van der Waals surface area (Å²) in [6.45, 7) is 7.68. The van der Waals surface area contributed by atoms with Gasteiger partial charge in [-0.1, -0.05) is 27.2 Å². The molecule has 2 heteroatoms. The van der Waals surface area contributed by atoms with Crippen LogP contribution >= 0.6 is 0 Å². The van der Waals surface area contributed by atoms with Gasteiger partial charge in [0.1, 0.15) is 0 Å². The summed E-state index contributed by atoms with van der Waals surface area (Å²) in [6, 6.07) is 0. The van der Waals surface area contributed by atoms with Crippen molar-refractivity contribution in [2.45, 2.75) is 33.6 Å². The number of morpholine rings is 1. The van der Waals surface area contributed by atoms with Gasteiger partial charge in [-0.05, 0) is 13.0 Å². The van der Waals surface area contributed by atoms with Crippen LogP contribution in [0.25, 0.3) is 0 Å². The summed E-state index contributed by atoms with van der Waals surface area (Å²) in [7, 11) is 0. The monoisotopic (exact) mass is 173 g/mol. The molecular weight excluding hydrogens is 150 g/mol. The predicted molar refractivity (Wildman–Crippen MR) is 53.5 cm³/mol. The third-order valence-electron chi connectivity index (χ3n) is 2.18. The maximum atomic E-state index is 5.26.